The Morgan fingerprint density at radius 2 is 2.23 bits per heavy atom. The van der Waals surface area contributed by atoms with E-state index in [0.29, 0.717) is 12.6 Å². The Labute approximate surface area is 79.9 Å². The van der Waals surface area contributed by atoms with Gasteiger partial charge in [-0.25, -0.2) is 13.6 Å². The summed E-state index contributed by atoms with van der Waals surface area (Å²) in [5, 5.41) is 8.06. The van der Waals surface area contributed by atoms with Crippen LogP contribution in [0.15, 0.2) is 0 Å². The number of sulfonamides is 1. The highest BCUT2D eigenvalue weighted by molar-refractivity contribution is 7.89. The highest BCUT2D eigenvalue weighted by Crippen LogP contribution is 2.34. The standard InChI is InChI=1S/C8H18N2O2S/c1-2-3-7-6-8(7)10-4-5-13(9,11)12/h7-8,10H,2-6H2,1H3,(H2,9,11,12). The van der Waals surface area contributed by atoms with E-state index in [2.05, 4.69) is 12.2 Å². The fourth-order valence-electron chi connectivity index (χ4n) is 1.57. The topological polar surface area (TPSA) is 72.2 Å². The van der Waals surface area contributed by atoms with Gasteiger partial charge in [-0.2, -0.15) is 0 Å². The van der Waals surface area contributed by atoms with Crippen LogP contribution < -0.4 is 10.5 Å². The van der Waals surface area contributed by atoms with Gasteiger partial charge in [0, 0.05) is 12.6 Å². The van der Waals surface area contributed by atoms with Crippen LogP contribution in [0.3, 0.4) is 0 Å². The molecule has 0 aromatic heterocycles. The van der Waals surface area contributed by atoms with Crippen LogP contribution in [0.1, 0.15) is 26.2 Å². The van der Waals surface area contributed by atoms with E-state index >= 15 is 0 Å². The van der Waals surface area contributed by atoms with E-state index in [4.69, 9.17) is 5.14 Å². The lowest BCUT2D eigenvalue weighted by molar-refractivity contribution is 0.584. The minimum atomic E-state index is -3.28. The van der Waals surface area contributed by atoms with E-state index in [1.165, 1.54) is 19.3 Å². The fraction of sp³-hybridized carbons (Fsp3) is 1.00. The Morgan fingerprint density at radius 1 is 1.54 bits per heavy atom. The molecule has 0 aromatic carbocycles. The van der Waals surface area contributed by atoms with E-state index in [-0.39, 0.29) is 5.75 Å². The molecule has 0 spiro atoms. The van der Waals surface area contributed by atoms with E-state index in [1.807, 2.05) is 0 Å². The van der Waals surface area contributed by atoms with Crippen LogP contribution in [0.25, 0.3) is 0 Å². The van der Waals surface area contributed by atoms with E-state index in [1.54, 1.807) is 0 Å². The predicted molar refractivity (Wildman–Crippen MR) is 52.8 cm³/mol. The zero-order valence-corrected chi connectivity index (χ0v) is 8.81. The lowest BCUT2D eigenvalue weighted by Crippen LogP contribution is -2.29. The average Bonchev–Trinajstić information content (AvgIpc) is 2.66. The quantitative estimate of drug-likeness (QED) is 0.645. The number of nitrogens with two attached hydrogens (primary N) is 1. The number of nitrogens with one attached hydrogen (secondary N) is 1. The van der Waals surface area contributed by atoms with Gasteiger partial charge in [0.25, 0.3) is 0 Å². The summed E-state index contributed by atoms with van der Waals surface area (Å²) in [6.07, 6.45) is 3.64. The van der Waals surface area contributed by atoms with Crippen molar-refractivity contribution in [3.63, 3.8) is 0 Å². The van der Waals surface area contributed by atoms with Gasteiger partial charge < -0.3 is 5.32 Å². The highest BCUT2D eigenvalue weighted by atomic mass is 32.2. The first kappa shape index (κ1) is 10.9. The molecule has 2 unspecified atom stereocenters. The largest absolute Gasteiger partial charge is 0.313 e. The van der Waals surface area contributed by atoms with Gasteiger partial charge in [-0.1, -0.05) is 13.3 Å². The number of rotatable bonds is 6. The van der Waals surface area contributed by atoms with Crippen molar-refractivity contribution in [2.24, 2.45) is 11.1 Å². The smallest absolute Gasteiger partial charge is 0.210 e. The predicted octanol–water partition coefficient (Wildman–Crippen LogP) is 0.0531. The summed E-state index contributed by atoms with van der Waals surface area (Å²) in [7, 11) is -3.28. The number of hydrogen-bond donors (Lipinski definition) is 2. The molecule has 0 amide bonds. The van der Waals surface area contributed by atoms with Gasteiger partial charge >= 0.3 is 0 Å². The van der Waals surface area contributed by atoms with Crippen molar-refractivity contribution in [3.05, 3.63) is 0 Å². The van der Waals surface area contributed by atoms with Crippen molar-refractivity contribution >= 4 is 10.0 Å². The van der Waals surface area contributed by atoms with E-state index < -0.39 is 10.0 Å². The summed E-state index contributed by atoms with van der Waals surface area (Å²) in [6.45, 7) is 2.66. The highest BCUT2D eigenvalue weighted by Gasteiger charge is 2.35. The Balaban J connectivity index is 2.03. The minimum Gasteiger partial charge on any atom is -0.313 e. The maximum atomic E-state index is 10.6. The van der Waals surface area contributed by atoms with Gasteiger partial charge in [-0.15, -0.1) is 0 Å². The second-order valence-corrected chi connectivity index (χ2v) is 5.45. The Hall–Kier alpha value is -0.130. The van der Waals surface area contributed by atoms with Crippen molar-refractivity contribution in [2.75, 3.05) is 12.3 Å². The third kappa shape index (κ3) is 4.59. The molecule has 4 nitrogen and oxygen atoms in total. The molecule has 0 radical (unpaired) electrons. The van der Waals surface area contributed by atoms with Crippen LogP contribution in [0.5, 0.6) is 0 Å². The van der Waals surface area contributed by atoms with Gasteiger partial charge in [0.05, 0.1) is 5.75 Å². The first-order valence-corrected chi connectivity index (χ1v) is 6.48. The summed E-state index contributed by atoms with van der Waals surface area (Å²) in [5.74, 6) is 0.813. The van der Waals surface area contributed by atoms with Crippen molar-refractivity contribution in [3.8, 4) is 0 Å². The van der Waals surface area contributed by atoms with Gasteiger partial charge in [0.15, 0.2) is 0 Å². The third-order valence-corrected chi connectivity index (χ3v) is 3.15. The normalized spacial score (nSPS) is 27.5. The van der Waals surface area contributed by atoms with Crippen LogP contribution in [0, 0.1) is 5.92 Å². The molecule has 0 heterocycles. The van der Waals surface area contributed by atoms with Crippen LogP contribution in [-0.2, 0) is 10.0 Å². The second-order valence-electron chi connectivity index (χ2n) is 3.71. The maximum Gasteiger partial charge on any atom is 0.210 e. The van der Waals surface area contributed by atoms with Crippen LogP contribution >= 0.6 is 0 Å². The molecule has 5 heteroatoms. The Morgan fingerprint density at radius 3 is 2.77 bits per heavy atom. The van der Waals surface area contributed by atoms with E-state index in [0.717, 1.165) is 5.92 Å². The van der Waals surface area contributed by atoms with Gasteiger partial charge in [0.1, 0.15) is 0 Å². The molecule has 78 valence electrons. The first-order valence-electron chi connectivity index (χ1n) is 4.77. The van der Waals surface area contributed by atoms with Crippen molar-refractivity contribution in [1.29, 1.82) is 0 Å². The average molecular weight is 206 g/mol. The van der Waals surface area contributed by atoms with E-state index in [9.17, 15) is 8.42 Å². The monoisotopic (exact) mass is 206 g/mol. The summed E-state index contributed by atoms with van der Waals surface area (Å²) in [5.41, 5.74) is 0. The van der Waals surface area contributed by atoms with Crippen molar-refractivity contribution in [2.45, 2.75) is 32.2 Å². The Kier molecular flexibility index (Phi) is 3.70. The zero-order chi connectivity index (χ0) is 9.90. The third-order valence-electron chi connectivity index (χ3n) is 2.38. The molecule has 1 aliphatic carbocycles. The molecule has 1 rings (SSSR count). The molecule has 13 heavy (non-hydrogen) atoms. The van der Waals surface area contributed by atoms with Crippen LogP contribution in [0.4, 0.5) is 0 Å². The molecular formula is C8H18N2O2S. The number of primary sulfonamides is 1. The van der Waals surface area contributed by atoms with Gasteiger partial charge in [-0.05, 0) is 18.8 Å². The Bertz CT molecular complexity index is 251. The minimum absolute atomic E-state index is 0.0440. The molecule has 0 aliphatic heterocycles. The lowest BCUT2D eigenvalue weighted by atomic mass is 10.2. The maximum absolute atomic E-state index is 10.6. The van der Waals surface area contributed by atoms with Crippen molar-refractivity contribution < 1.29 is 8.42 Å². The first-order chi connectivity index (χ1) is 6.03. The molecule has 1 saturated carbocycles. The number of hydrogen-bond acceptors (Lipinski definition) is 3. The van der Waals surface area contributed by atoms with Crippen LogP contribution in [0.2, 0.25) is 0 Å². The molecule has 1 aliphatic rings. The molecule has 0 bridgehead atoms. The zero-order valence-electron chi connectivity index (χ0n) is 7.99. The van der Waals surface area contributed by atoms with Gasteiger partial charge in [-0.3, -0.25) is 0 Å². The SMILES string of the molecule is CCCC1CC1NCCS(N)(=O)=O. The summed E-state index contributed by atoms with van der Waals surface area (Å²) in [6, 6.07) is 0.543. The molecule has 0 aromatic rings. The summed E-state index contributed by atoms with van der Waals surface area (Å²) < 4.78 is 21.2. The molecule has 1 fully saturated rings. The molecule has 0 saturated heterocycles. The second kappa shape index (κ2) is 4.39. The van der Waals surface area contributed by atoms with Crippen LogP contribution in [-0.4, -0.2) is 26.8 Å². The summed E-state index contributed by atoms with van der Waals surface area (Å²) in [4.78, 5) is 0. The molecular weight excluding hydrogens is 188 g/mol. The summed E-state index contributed by atoms with van der Waals surface area (Å²) >= 11 is 0. The van der Waals surface area contributed by atoms with Gasteiger partial charge in [0.2, 0.25) is 10.0 Å². The fourth-order valence-corrected chi connectivity index (χ4v) is 1.98. The molecule has 3 N–H and O–H groups in total. The molecule has 2 atom stereocenters. The van der Waals surface area contributed by atoms with Crippen molar-refractivity contribution in [1.82, 2.24) is 5.32 Å². The lowest BCUT2D eigenvalue weighted by Gasteiger charge is -2.01.